The van der Waals surface area contributed by atoms with Crippen molar-refractivity contribution in [1.82, 2.24) is 10.6 Å². The minimum Gasteiger partial charge on any atom is -0.480 e. The number of aliphatic hydroxyl groups is 1. The number of rotatable bonds is 8. The Morgan fingerprint density at radius 3 is 2.26 bits per heavy atom. The zero-order chi connectivity index (χ0) is 24.9. The van der Waals surface area contributed by atoms with Gasteiger partial charge in [-0.05, 0) is 54.4 Å². The van der Waals surface area contributed by atoms with Gasteiger partial charge in [0, 0.05) is 18.4 Å². The molecule has 2 aromatic carbocycles. The first kappa shape index (κ1) is 24.7. The summed E-state index contributed by atoms with van der Waals surface area (Å²) in [5.41, 5.74) is 4.65. The molecule has 2 aliphatic rings. The van der Waals surface area contributed by atoms with Crippen LogP contribution in [0.1, 0.15) is 49.7 Å². The first-order valence-electron chi connectivity index (χ1n) is 12.1. The Bertz CT molecular complexity index is 1040. The number of carboxylic acids is 1. The first-order chi connectivity index (χ1) is 16.8. The number of carboxylic acid groups (broad SMARTS) is 1. The number of nitrogens with one attached hydrogen (secondary N) is 2. The van der Waals surface area contributed by atoms with Crippen LogP contribution >= 0.6 is 0 Å². The summed E-state index contributed by atoms with van der Waals surface area (Å²) in [6, 6.07) is 15.0. The highest BCUT2D eigenvalue weighted by Gasteiger charge is 2.32. The fourth-order valence-electron chi connectivity index (χ4n) is 5.25. The second-order valence-electron chi connectivity index (χ2n) is 9.50. The Balaban J connectivity index is 1.27. The van der Waals surface area contributed by atoms with Crippen molar-refractivity contribution >= 4 is 18.0 Å². The van der Waals surface area contributed by atoms with E-state index in [9.17, 15) is 24.6 Å². The largest absolute Gasteiger partial charge is 0.480 e. The first-order valence-corrected chi connectivity index (χ1v) is 12.1. The smallest absolute Gasteiger partial charge is 0.407 e. The van der Waals surface area contributed by atoms with Crippen LogP contribution in [0.15, 0.2) is 48.5 Å². The van der Waals surface area contributed by atoms with Gasteiger partial charge in [-0.2, -0.15) is 0 Å². The van der Waals surface area contributed by atoms with Crippen LogP contribution in [0.25, 0.3) is 11.1 Å². The fourth-order valence-corrected chi connectivity index (χ4v) is 5.25. The van der Waals surface area contributed by atoms with Crippen molar-refractivity contribution in [2.75, 3.05) is 13.2 Å². The van der Waals surface area contributed by atoms with Crippen molar-refractivity contribution in [2.24, 2.45) is 11.8 Å². The number of hydrogen-bond acceptors (Lipinski definition) is 5. The number of benzene rings is 2. The van der Waals surface area contributed by atoms with E-state index in [1.807, 2.05) is 24.3 Å². The minimum atomic E-state index is -1.33. The molecule has 0 spiro atoms. The molecule has 8 heteroatoms. The number of carbonyl (C=O) groups excluding carboxylic acids is 2. The van der Waals surface area contributed by atoms with E-state index in [0.717, 1.165) is 24.0 Å². The third-order valence-electron chi connectivity index (χ3n) is 7.08. The summed E-state index contributed by atoms with van der Waals surface area (Å²) in [5, 5.41) is 24.1. The number of aliphatic carboxylic acids is 1. The molecule has 0 radical (unpaired) electrons. The second kappa shape index (κ2) is 10.9. The zero-order valence-electron chi connectivity index (χ0n) is 19.8. The van der Waals surface area contributed by atoms with Crippen LogP contribution in [0, 0.1) is 11.8 Å². The number of amides is 2. The van der Waals surface area contributed by atoms with Crippen LogP contribution in [-0.2, 0) is 14.3 Å². The van der Waals surface area contributed by atoms with Crippen molar-refractivity contribution in [3.8, 4) is 11.1 Å². The number of ether oxygens (including phenoxy) is 1. The number of aliphatic hydroxyl groups excluding tert-OH is 1. The predicted molar refractivity (Wildman–Crippen MR) is 130 cm³/mol. The summed E-state index contributed by atoms with van der Waals surface area (Å²) in [7, 11) is 0. The highest BCUT2D eigenvalue weighted by molar-refractivity contribution is 5.85. The molecule has 0 saturated heterocycles. The molecule has 4 unspecified atom stereocenters. The number of alkyl carbamates (subject to hydrolysis) is 1. The summed E-state index contributed by atoms with van der Waals surface area (Å²) in [6.45, 7) is 1.96. The quantitative estimate of drug-likeness (QED) is 0.460. The summed E-state index contributed by atoms with van der Waals surface area (Å²) in [4.78, 5) is 36.3. The van der Waals surface area contributed by atoms with Crippen LogP contribution in [-0.4, -0.2) is 53.5 Å². The Kier molecular flexibility index (Phi) is 7.70. The van der Waals surface area contributed by atoms with Gasteiger partial charge in [0.25, 0.3) is 0 Å². The lowest BCUT2D eigenvalue weighted by molar-refractivity contribution is -0.145. The van der Waals surface area contributed by atoms with Gasteiger partial charge in [-0.15, -0.1) is 0 Å². The summed E-state index contributed by atoms with van der Waals surface area (Å²) >= 11 is 0. The van der Waals surface area contributed by atoms with E-state index >= 15 is 0 Å². The van der Waals surface area contributed by atoms with Crippen LogP contribution in [0.5, 0.6) is 0 Å². The molecule has 186 valence electrons. The summed E-state index contributed by atoms with van der Waals surface area (Å²) in [5.74, 6) is -1.90. The third-order valence-corrected chi connectivity index (χ3v) is 7.08. The molecule has 0 aromatic heterocycles. The topological polar surface area (TPSA) is 125 Å². The van der Waals surface area contributed by atoms with Gasteiger partial charge in [0.2, 0.25) is 5.91 Å². The van der Waals surface area contributed by atoms with Crippen molar-refractivity contribution in [1.29, 1.82) is 0 Å². The van der Waals surface area contributed by atoms with Crippen molar-refractivity contribution in [3.63, 3.8) is 0 Å². The van der Waals surface area contributed by atoms with E-state index in [0.29, 0.717) is 19.4 Å². The van der Waals surface area contributed by atoms with Gasteiger partial charge in [-0.1, -0.05) is 55.0 Å². The van der Waals surface area contributed by atoms with E-state index < -0.39 is 24.2 Å². The normalized spacial score (nSPS) is 20.7. The van der Waals surface area contributed by atoms with Gasteiger partial charge in [-0.25, -0.2) is 9.59 Å². The lowest BCUT2D eigenvalue weighted by Crippen LogP contribution is -2.50. The highest BCUT2D eigenvalue weighted by Crippen LogP contribution is 2.44. The molecule has 2 aromatic rings. The Morgan fingerprint density at radius 2 is 1.66 bits per heavy atom. The average Bonchev–Trinajstić information content (AvgIpc) is 3.18. The molecular formula is C27H32N2O6. The molecule has 4 rings (SSSR count). The van der Waals surface area contributed by atoms with E-state index in [2.05, 4.69) is 34.9 Å². The summed E-state index contributed by atoms with van der Waals surface area (Å²) < 4.78 is 5.59. The Labute approximate surface area is 204 Å². The minimum absolute atomic E-state index is 0.00740. The maximum absolute atomic E-state index is 12.6. The van der Waals surface area contributed by atoms with Crippen LogP contribution in [0.3, 0.4) is 0 Å². The SMILES string of the molecule is CC(O)C(NC(=O)C1CCCC(CNC(=O)OCC2c3ccccc3-c3ccccc32)C1)C(=O)O. The highest BCUT2D eigenvalue weighted by atomic mass is 16.5. The lowest BCUT2D eigenvalue weighted by Gasteiger charge is -2.29. The van der Waals surface area contributed by atoms with Crippen LogP contribution in [0.2, 0.25) is 0 Å². The second-order valence-corrected chi connectivity index (χ2v) is 9.50. The summed E-state index contributed by atoms with van der Waals surface area (Å²) in [6.07, 6.45) is 1.19. The standard InChI is InChI=1S/C27H32N2O6/c1-16(30)24(26(32)33)29-25(31)18-8-6-7-17(13-18)14-28-27(34)35-15-23-21-11-4-2-9-19(21)20-10-3-5-12-22(20)23/h2-5,9-12,16-18,23-24,30H,6-8,13-15H2,1H3,(H,28,34)(H,29,31)(H,32,33). The maximum atomic E-state index is 12.6. The molecule has 8 nitrogen and oxygen atoms in total. The van der Waals surface area contributed by atoms with Gasteiger partial charge in [0.15, 0.2) is 6.04 Å². The molecule has 2 amide bonds. The molecule has 4 atom stereocenters. The van der Waals surface area contributed by atoms with E-state index in [1.54, 1.807) is 0 Å². The number of fused-ring (bicyclic) bond motifs is 3. The molecule has 1 saturated carbocycles. The van der Waals surface area contributed by atoms with Crippen molar-refractivity contribution < 1.29 is 29.3 Å². The maximum Gasteiger partial charge on any atom is 0.407 e. The van der Waals surface area contributed by atoms with Gasteiger partial charge in [0.1, 0.15) is 6.61 Å². The molecule has 1 fully saturated rings. The average molecular weight is 481 g/mol. The molecule has 4 N–H and O–H groups in total. The predicted octanol–water partition coefficient (Wildman–Crippen LogP) is 3.28. The Morgan fingerprint density at radius 1 is 1.03 bits per heavy atom. The Hall–Kier alpha value is -3.39. The van der Waals surface area contributed by atoms with Gasteiger partial charge in [0.05, 0.1) is 6.10 Å². The lowest BCUT2D eigenvalue weighted by atomic mass is 9.80. The molecule has 0 heterocycles. The molecule has 0 aliphatic heterocycles. The molecule has 0 bridgehead atoms. The third kappa shape index (κ3) is 5.65. The number of carbonyl (C=O) groups is 3. The zero-order valence-corrected chi connectivity index (χ0v) is 19.8. The van der Waals surface area contributed by atoms with Gasteiger partial charge < -0.3 is 25.6 Å². The van der Waals surface area contributed by atoms with Crippen LogP contribution in [0.4, 0.5) is 4.79 Å². The number of hydrogen-bond donors (Lipinski definition) is 4. The molecular weight excluding hydrogens is 448 g/mol. The van der Waals surface area contributed by atoms with Gasteiger partial charge in [-0.3, -0.25) is 4.79 Å². The fraction of sp³-hybridized carbons (Fsp3) is 0.444. The molecule has 2 aliphatic carbocycles. The van der Waals surface area contributed by atoms with Crippen molar-refractivity contribution in [3.05, 3.63) is 59.7 Å². The monoisotopic (exact) mass is 480 g/mol. The van der Waals surface area contributed by atoms with Crippen molar-refractivity contribution in [2.45, 2.75) is 50.7 Å². The van der Waals surface area contributed by atoms with E-state index in [-0.39, 0.29) is 30.3 Å². The molecule has 35 heavy (non-hydrogen) atoms. The van der Waals surface area contributed by atoms with E-state index in [1.165, 1.54) is 18.1 Å². The van der Waals surface area contributed by atoms with Crippen LogP contribution < -0.4 is 10.6 Å². The van der Waals surface area contributed by atoms with E-state index in [4.69, 9.17) is 4.74 Å². The van der Waals surface area contributed by atoms with Gasteiger partial charge >= 0.3 is 12.1 Å².